The Balaban J connectivity index is 1.85. The average Bonchev–Trinajstić information content (AvgIpc) is 2.85. The van der Waals surface area contributed by atoms with Crippen molar-refractivity contribution in [1.82, 2.24) is 20.9 Å². The highest BCUT2D eigenvalue weighted by molar-refractivity contribution is 6.09. The number of hydrogen-bond acceptors (Lipinski definition) is 6. The van der Waals surface area contributed by atoms with Crippen LogP contribution in [0.15, 0.2) is 0 Å². The van der Waals surface area contributed by atoms with E-state index in [4.69, 9.17) is 4.74 Å². The van der Waals surface area contributed by atoms with Gasteiger partial charge in [0.05, 0.1) is 6.54 Å². The molecule has 0 unspecified atom stereocenters. The fourth-order valence-electron chi connectivity index (χ4n) is 3.28. The molecule has 2 fully saturated rings. The Morgan fingerprint density at radius 1 is 1.27 bits per heavy atom. The molecular formula is C16H24N4O6. The van der Waals surface area contributed by atoms with E-state index in [2.05, 4.69) is 16.0 Å². The Morgan fingerprint density at radius 3 is 2.65 bits per heavy atom. The normalized spacial score (nSPS) is 25.0. The van der Waals surface area contributed by atoms with Gasteiger partial charge in [0.2, 0.25) is 5.91 Å². The van der Waals surface area contributed by atoms with E-state index >= 15 is 0 Å². The van der Waals surface area contributed by atoms with Crippen LogP contribution in [0, 0.1) is 5.92 Å². The van der Waals surface area contributed by atoms with Gasteiger partial charge in [-0.15, -0.1) is 0 Å². The third-order valence-corrected chi connectivity index (χ3v) is 4.88. The lowest BCUT2D eigenvalue weighted by Gasteiger charge is -2.36. The standard InChI is InChI=1S/C16H24N4O6/c1-10-5-3-4-6-16(10)14(24)20(15(25)19-16)8-13(23)26-9-12(22)18-7-11(21)17-2/h10H,3-9H2,1-2H3,(H,17,21)(H,18,22)(H,19,25)/t10-,16+/m1/s1. The minimum absolute atomic E-state index is 0.00999. The molecule has 1 spiro atoms. The van der Waals surface area contributed by atoms with Gasteiger partial charge < -0.3 is 20.7 Å². The van der Waals surface area contributed by atoms with Crippen LogP contribution in [0.4, 0.5) is 4.79 Å². The summed E-state index contributed by atoms with van der Waals surface area (Å²) in [6, 6.07) is -0.621. The first-order valence-electron chi connectivity index (χ1n) is 8.57. The zero-order valence-corrected chi connectivity index (χ0v) is 14.9. The van der Waals surface area contributed by atoms with E-state index in [1.165, 1.54) is 7.05 Å². The molecule has 10 nitrogen and oxygen atoms in total. The summed E-state index contributed by atoms with van der Waals surface area (Å²) in [5.74, 6) is -2.35. The highest BCUT2D eigenvalue weighted by Crippen LogP contribution is 2.38. The lowest BCUT2D eigenvalue weighted by Crippen LogP contribution is -2.54. The molecular weight excluding hydrogens is 344 g/mol. The van der Waals surface area contributed by atoms with E-state index in [1.807, 2.05) is 6.92 Å². The van der Waals surface area contributed by atoms with Crippen molar-refractivity contribution in [2.24, 2.45) is 5.92 Å². The van der Waals surface area contributed by atoms with Crippen molar-refractivity contribution in [3.63, 3.8) is 0 Å². The molecule has 1 heterocycles. The highest BCUT2D eigenvalue weighted by Gasteiger charge is 2.55. The van der Waals surface area contributed by atoms with Crippen LogP contribution < -0.4 is 16.0 Å². The lowest BCUT2D eigenvalue weighted by atomic mass is 9.73. The Bertz CT molecular complexity index is 622. The number of esters is 1. The Morgan fingerprint density at radius 2 is 2.00 bits per heavy atom. The number of urea groups is 1. The van der Waals surface area contributed by atoms with Crippen molar-refractivity contribution in [1.29, 1.82) is 0 Å². The van der Waals surface area contributed by atoms with Crippen LogP contribution in [0.3, 0.4) is 0 Å². The molecule has 1 aliphatic carbocycles. The van der Waals surface area contributed by atoms with Crippen LogP contribution in [0.1, 0.15) is 32.6 Å². The minimum Gasteiger partial charge on any atom is -0.454 e. The maximum Gasteiger partial charge on any atom is 0.326 e. The Labute approximate surface area is 151 Å². The minimum atomic E-state index is -0.944. The summed E-state index contributed by atoms with van der Waals surface area (Å²) in [5.41, 5.74) is -0.944. The van der Waals surface area contributed by atoms with E-state index in [0.717, 1.165) is 24.2 Å². The summed E-state index contributed by atoms with van der Waals surface area (Å²) in [7, 11) is 1.42. The number of hydrogen-bond donors (Lipinski definition) is 3. The summed E-state index contributed by atoms with van der Waals surface area (Å²) in [5, 5.41) is 7.32. The molecule has 2 rings (SSSR count). The van der Waals surface area contributed by atoms with Gasteiger partial charge in [0.1, 0.15) is 12.1 Å². The summed E-state index contributed by atoms with van der Waals surface area (Å²) < 4.78 is 4.77. The van der Waals surface area contributed by atoms with Gasteiger partial charge in [-0.2, -0.15) is 0 Å². The third-order valence-electron chi connectivity index (χ3n) is 4.88. The predicted octanol–water partition coefficient (Wildman–Crippen LogP) is -1.11. The molecule has 10 heteroatoms. The maximum atomic E-state index is 12.7. The molecule has 5 amide bonds. The predicted molar refractivity (Wildman–Crippen MR) is 88.6 cm³/mol. The molecule has 26 heavy (non-hydrogen) atoms. The maximum absolute atomic E-state index is 12.7. The second kappa shape index (κ2) is 8.15. The van der Waals surface area contributed by atoms with Crippen molar-refractivity contribution < 1.29 is 28.7 Å². The van der Waals surface area contributed by atoms with Crippen LogP contribution in [0.25, 0.3) is 0 Å². The first-order chi connectivity index (χ1) is 12.3. The topological polar surface area (TPSA) is 134 Å². The van der Waals surface area contributed by atoms with Gasteiger partial charge in [-0.25, -0.2) is 4.79 Å². The number of carbonyl (C=O) groups is 5. The van der Waals surface area contributed by atoms with Crippen molar-refractivity contribution in [2.75, 3.05) is 26.7 Å². The molecule has 1 saturated carbocycles. The van der Waals surface area contributed by atoms with Crippen molar-refractivity contribution >= 4 is 29.7 Å². The largest absolute Gasteiger partial charge is 0.454 e. The van der Waals surface area contributed by atoms with Crippen LogP contribution in [-0.2, 0) is 23.9 Å². The Hall–Kier alpha value is -2.65. The average molecular weight is 368 g/mol. The number of rotatable bonds is 6. The second-order valence-corrected chi connectivity index (χ2v) is 6.55. The molecule has 144 valence electrons. The quantitative estimate of drug-likeness (QED) is 0.402. The van der Waals surface area contributed by atoms with Gasteiger partial charge in [0.25, 0.3) is 11.8 Å². The number of amides is 5. The van der Waals surface area contributed by atoms with Gasteiger partial charge in [-0.3, -0.25) is 24.1 Å². The van der Waals surface area contributed by atoms with Crippen molar-refractivity contribution in [3.8, 4) is 0 Å². The van der Waals surface area contributed by atoms with Gasteiger partial charge >= 0.3 is 12.0 Å². The van der Waals surface area contributed by atoms with Gasteiger partial charge in [-0.1, -0.05) is 19.8 Å². The SMILES string of the molecule is CNC(=O)CNC(=O)COC(=O)CN1C(=O)N[C@]2(CCCC[C@H]2C)C1=O. The van der Waals surface area contributed by atoms with E-state index in [9.17, 15) is 24.0 Å². The smallest absolute Gasteiger partial charge is 0.326 e. The molecule has 0 aromatic carbocycles. The van der Waals surface area contributed by atoms with E-state index in [1.54, 1.807) is 0 Å². The second-order valence-electron chi connectivity index (χ2n) is 6.55. The number of ether oxygens (including phenoxy) is 1. The summed E-state index contributed by atoms with van der Waals surface area (Å²) in [6.45, 7) is 0.527. The van der Waals surface area contributed by atoms with Crippen LogP contribution in [0.2, 0.25) is 0 Å². The number of imide groups is 1. The molecule has 1 saturated heterocycles. The molecule has 2 atom stereocenters. The van der Waals surface area contributed by atoms with Crippen LogP contribution in [0.5, 0.6) is 0 Å². The first-order valence-corrected chi connectivity index (χ1v) is 8.57. The number of likely N-dealkylation sites (N-methyl/N-ethyl adjacent to an activating group) is 1. The van der Waals surface area contributed by atoms with E-state index < -0.39 is 48.4 Å². The zero-order valence-electron chi connectivity index (χ0n) is 14.9. The summed E-state index contributed by atoms with van der Waals surface area (Å²) in [4.78, 5) is 60.1. The molecule has 0 aromatic heterocycles. The Kier molecular flexibility index (Phi) is 6.17. The summed E-state index contributed by atoms with van der Waals surface area (Å²) in [6.07, 6.45) is 3.21. The summed E-state index contributed by atoms with van der Waals surface area (Å²) >= 11 is 0. The van der Waals surface area contributed by atoms with Crippen molar-refractivity contribution in [2.45, 2.75) is 38.1 Å². The van der Waals surface area contributed by atoms with Crippen molar-refractivity contribution in [3.05, 3.63) is 0 Å². The lowest BCUT2D eigenvalue weighted by molar-refractivity contribution is -0.151. The van der Waals surface area contributed by atoms with Crippen LogP contribution >= 0.6 is 0 Å². The first kappa shape index (κ1) is 19.7. The molecule has 1 aliphatic heterocycles. The molecule has 0 radical (unpaired) electrons. The van der Waals surface area contributed by atoms with E-state index in [-0.39, 0.29) is 12.5 Å². The molecule has 2 aliphatic rings. The fraction of sp³-hybridized carbons (Fsp3) is 0.688. The number of nitrogens with zero attached hydrogens (tertiary/aromatic N) is 1. The van der Waals surface area contributed by atoms with E-state index in [0.29, 0.717) is 6.42 Å². The zero-order chi connectivity index (χ0) is 19.3. The van der Waals surface area contributed by atoms with Gasteiger partial charge in [0, 0.05) is 7.05 Å². The number of nitrogens with one attached hydrogen (secondary N) is 3. The number of carbonyl (C=O) groups excluding carboxylic acids is 5. The highest BCUT2D eigenvalue weighted by atomic mass is 16.5. The fourth-order valence-corrected chi connectivity index (χ4v) is 3.28. The molecule has 3 N–H and O–H groups in total. The van der Waals surface area contributed by atoms with Gasteiger partial charge in [-0.05, 0) is 18.8 Å². The van der Waals surface area contributed by atoms with Crippen LogP contribution in [-0.4, -0.2) is 66.9 Å². The van der Waals surface area contributed by atoms with Gasteiger partial charge in [0.15, 0.2) is 6.61 Å². The third kappa shape index (κ3) is 4.12. The molecule has 0 aromatic rings. The molecule has 0 bridgehead atoms. The monoisotopic (exact) mass is 368 g/mol.